The monoisotopic (exact) mass is 241 g/mol. The molecule has 4 heteroatoms. The van der Waals surface area contributed by atoms with E-state index in [1.165, 1.54) is 0 Å². The highest BCUT2D eigenvalue weighted by molar-refractivity contribution is 7.99. The predicted octanol–water partition coefficient (Wildman–Crippen LogP) is 1.96. The normalized spacial score (nSPS) is 39.9. The van der Waals surface area contributed by atoms with Crippen molar-refractivity contribution in [2.24, 2.45) is 11.3 Å². The number of carbonyl (C=O) groups excluding carboxylic acids is 2. The van der Waals surface area contributed by atoms with E-state index >= 15 is 0 Å². The lowest BCUT2D eigenvalue weighted by Crippen LogP contribution is -2.56. The maximum atomic E-state index is 11.9. The molecule has 0 aromatic carbocycles. The van der Waals surface area contributed by atoms with Crippen LogP contribution >= 0.6 is 11.8 Å². The highest BCUT2D eigenvalue weighted by atomic mass is 32.2. The molecule has 2 saturated heterocycles. The molecule has 1 N–H and O–H groups in total. The summed E-state index contributed by atoms with van der Waals surface area (Å²) in [6.45, 7) is 4.23. The third-order valence-corrected chi connectivity index (χ3v) is 5.63. The Morgan fingerprint density at radius 3 is 2.88 bits per heavy atom. The van der Waals surface area contributed by atoms with E-state index in [0.29, 0.717) is 11.7 Å². The van der Waals surface area contributed by atoms with Crippen LogP contribution in [0.2, 0.25) is 0 Å². The molecular formula is C12H19NO2S. The molecule has 0 aromatic heterocycles. The van der Waals surface area contributed by atoms with Crippen LogP contribution in [0.3, 0.4) is 0 Å². The first-order chi connectivity index (χ1) is 7.60. The van der Waals surface area contributed by atoms with Gasteiger partial charge >= 0.3 is 0 Å². The summed E-state index contributed by atoms with van der Waals surface area (Å²) in [4.78, 5) is 23.5. The van der Waals surface area contributed by atoms with Gasteiger partial charge in [0.1, 0.15) is 0 Å². The lowest BCUT2D eigenvalue weighted by molar-refractivity contribution is -0.144. The third kappa shape index (κ3) is 1.77. The van der Waals surface area contributed by atoms with Crippen molar-refractivity contribution in [1.82, 2.24) is 5.32 Å². The molecule has 2 heterocycles. The number of piperidine rings is 1. The summed E-state index contributed by atoms with van der Waals surface area (Å²) < 4.78 is 0. The lowest BCUT2D eigenvalue weighted by atomic mass is 9.64. The van der Waals surface area contributed by atoms with Gasteiger partial charge in [-0.2, -0.15) is 11.8 Å². The Morgan fingerprint density at radius 1 is 1.50 bits per heavy atom. The average molecular weight is 241 g/mol. The van der Waals surface area contributed by atoms with Gasteiger partial charge < -0.3 is 0 Å². The van der Waals surface area contributed by atoms with Gasteiger partial charge in [-0.1, -0.05) is 13.8 Å². The number of thioether (sulfide) groups is 1. The number of rotatable bonds is 1. The van der Waals surface area contributed by atoms with E-state index in [0.717, 1.165) is 25.0 Å². The van der Waals surface area contributed by atoms with Crippen LogP contribution in [-0.4, -0.2) is 22.8 Å². The second-order valence-electron chi connectivity index (χ2n) is 4.90. The van der Waals surface area contributed by atoms with Crippen molar-refractivity contribution in [1.29, 1.82) is 0 Å². The highest BCUT2D eigenvalue weighted by Crippen LogP contribution is 2.51. The van der Waals surface area contributed by atoms with Crippen LogP contribution < -0.4 is 5.32 Å². The second kappa shape index (κ2) is 4.40. The molecule has 2 aliphatic rings. The minimum Gasteiger partial charge on any atom is -0.296 e. The molecule has 0 saturated carbocycles. The minimum atomic E-state index is -0.0796. The Kier molecular flexibility index (Phi) is 3.29. The number of carbonyl (C=O) groups is 2. The fraction of sp³-hybridized carbons (Fsp3) is 0.833. The Balaban J connectivity index is 2.32. The van der Waals surface area contributed by atoms with Gasteiger partial charge in [-0.15, -0.1) is 0 Å². The van der Waals surface area contributed by atoms with Crippen molar-refractivity contribution in [3.8, 4) is 0 Å². The molecule has 2 amide bonds. The zero-order valence-electron chi connectivity index (χ0n) is 9.91. The van der Waals surface area contributed by atoms with E-state index < -0.39 is 0 Å². The second-order valence-corrected chi connectivity index (χ2v) is 6.35. The summed E-state index contributed by atoms with van der Waals surface area (Å²) in [5, 5.41) is 2.90. The molecule has 1 spiro atoms. The number of imide groups is 1. The van der Waals surface area contributed by atoms with E-state index in [9.17, 15) is 9.59 Å². The molecule has 3 unspecified atom stereocenters. The lowest BCUT2D eigenvalue weighted by Gasteiger charge is -2.48. The maximum Gasteiger partial charge on any atom is 0.230 e. The largest absolute Gasteiger partial charge is 0.296 e. The molecule has 0 aromatic rings. The van der Waals surface area contributed by atoms with Crippen molar-refractivity contribution in [2.75, 3.05) is 5.75 Å². The van der Waals surface area contributed by atoms with Crippen LogP contribution in [0.25, 0.3) is 0 Å². The zero-order chi connectivity index (χ0) is 11.8. The third-order valence-electron chi connectivity index (χ3n) is 4.14. The summed E-state index contributed by atoms with van der Waals surface area (Å²) in [5.41, 5.74) is -0.0723. The number of amides is 2. The Morgan fingerprint density at radius 2 is 2.25 bits per heavy atom. The summed E-state index contributed by atoms with van der Waals surface area (Å²) in [5.74, 6) is 1.06. The first kappa shape index (κ1) is 12.0. The molecule has 2 rings (SSSR count). The van der Waals surface area contributed by atoms with E-state index in [1.807, 2.05) is 18.7 Å². The van der Waals surface area contributed by atoms with Crippen molar-refractivity contribution in [3.05, 3.63) is 0 Å². The zero-order valence-corrected chi connectivity index (χ0v) is 10.7. The SMILES string of the molecule is CCC1C(=O)NC(=O)CC12CCCSC2C. The van der Waals surface area contributed by atoms with Gasteiger partial charge in [0.25, 0.3) is 0 Å². The molecule has 90 valence electrons. The topological polar surface area (TPSA) is 46.2 Å². The van der Waals surface area contributed by atoms with Crippen molar-refractivity contribution >= 4 is 23.6 Å². The number of hydrogen-bond acceptors (Lipinski definition) is 3. The predicted molar refractivity (Wildman–Crippen MR) is 65.1 cm³/mol. The Bertz CT molecular complexity index is 318. The first-order valence-electron chi connectivity index (χ1n) is 6.05. The smallest absolute Gasteiger partial charge is 0.230 e. The fourth-order valence-corrected chi connectivity index (χ4v) is 4.63. The van der Waals surface area contributed by atoms with Crippen LogP contribution in [0.5, 0.6) is 0 Å². The quantitative estimate of drug-likeness (QED) is 0.714. The van der Waals surface area contributed by atoms with Crippen molar-refractivity contribution in [2.45, 2.75) is 44.8 Å². The summed E-state index contributed by atoms with van der Waals surface area (Å²) in [6.07, 6.45) is 3.53. The molecule has 0 radical (unpaired) electrons. The van der Waals surface area contributed by atoms with Crippen LogP contribution in [0.15, 0.2) is 0 Å². The van der Waals surface area contributed by atoms with Crippen molar-refractivity contribution < 1.29 is 9.59 Å². The number of nitrogens with one attached hydrogen (secondary N) is 1. The standard InChI is InChI=1S/C12H19NO2S/c1-3-9-11(15)13-10(14)7-12(9)5-4-6-16-8(12)2/h8-9H,3-7H2,1-2H3,(H,13,14,15). The Labute approximate surface area is 101 Å². The molecular weight excluding hydrogens is 222 g/mol. The van der Waals surface area contributed by atoms with Crippen LogP contribution in [0, 0.1) is 11.3 Å². The summed E-state index contributed by atoms with van der Waals surface area (Å²) >= 11 is 1.91. The summed E-state index contributed by atoms with van der Waals surface area (Å²) in [6, 6.07) is 0. The van der Waals surface area contributed by atoms with Crippen LogP contribution in [0.4, 0.5) is 0 Å². The minimum absolute atomic E-state index is 0.0213. The van der Waals surface area contributed by atoms with Gasteiger partial charge in [0.15, 0.2) is 0 Å². The molecule has 3 atom stereocenters. The van der Waals surface area contributed by atoms with Gasteiger partial charge in [0.05, 0.1) is 0 Å². The fourth-order valence-electron chi connectivity index (χ4n) is 3.26. The molecule has 2 fully saturated rings. The van der Waals surface area contributed by atoms with Gasteiger partial charge in [-0.3, -0.25) is 14.9 Å². The van der Waals surface area contributed by atoms with Gasteiger partial charge in [-0.25, -0.2) is 0 Å². The molecule has 0 bridgehead atoms. The number of hydrogen-bond donors (Lipinski definition) is 1. The first-order valence-corrected chi connectivity index (χ1v) is 7.10. The van der Waals surface area contributed by atoms with Gasteiger partial charge in [0, 0.05) is 23.0 Å². The molecule has 16 heavy (non-hydrogen) atoms. The van der Waals surface area contributed by atoms with Gasteiger partial charge in [0.2, 0.25) is 11.8 Å². The maximum absolute atomic E-state index is 11.9. The van der Waals surface area contributed by atoms with E-state index in [4.69, 9.17) is 0 Å². The molecule has 0 aliphatic carbocycles. The van der Waals surface area contributed by atoms with E-state index in [1.54, 1.807) is 0 Å². The van der Waals surface area contributed by atoms with E-state index in [2.05, 4.69) is 12.2 Å². The molecule has 2 aliphatic heterocycles. The van der Waals surface area contributed by atoms with Gasteiger partial charge in [-0.05, 0) is 25.0 Å². The summed E-state index contributed by atoms with van der Waals surface area (Å²) in [7, 11) is 0. The van der Waals surface area contributed by atoms with Crippen LogP contribution in [-0.2, 0) is 9.59 Å². The van der Waals surface area contributed by atoms with Crippen molar-refractivity contribution in [3.63, 3.8) is 0 Å². The van der Waals surface area contributed by atoms with Crippen LogP contribution in [0.1, 0.15) is 39.5 Å². The highest BCUT2D eigenvalue weighted by Gasteiger charge is 2.51. The molecule has 3 nitrogen and oxygen atoms in total. The average Bonchev–Trinajstić information content (AvgIpc) is 2.22. The van der Waals surface area contributed by atoms with E-state index in [-0.39, 0.29) is 23.1 Å². The Hall–Kier alpha value is -0.510.